The molecule has 4 aromatic rings. The van der Waals surface area contributed by atoms with E-state index in [9.17, 15) is 22.8 Å². The monoisotopic (exact) mass is 547 g/mol. The fraction of sp³-hybridized carbons (Fsp3) is 0.435. The van der Waals surface area contributed by atoms with E-state index in [0.717, 1.165) is 30.2 Å². The van der Waals surface area contributed by atoms with E-state index in [4.69, 9.17) is 0 Å². The summed E-state index contributed by atoms with van der Waals surface area (Å²) in [7, 11) is 1.71. The lowest BCUT2D eigenvalue weighted by Crippen LogP contribution is -2.36. The molecule has 0 aromatic carbocycles. The molecule has 0 saturated heterocycles. The van der Waals surface area contributed by atoms with E-state index < -0.39 is 35.8 Å². The van der Waals surface area contributed by atoms with Crippen molar-refractivity contribution in [3.63, 3.8) is 0 Å². The van der Waals surface area contributed by atoms with Gasteiger partial charge in [-0.1, -0.05) is 0 Å². The van der Waals surface area contributed by atoms with Gasteiger partial charge in [0.25, 0.3) is 11.8 Å². The first-order valence-corrected chi connectivity index (χ1v) is 12.7. The van der Waals surface area contributed by atoms with Gasteiger partial charge < -0.3 is 10.6 Å². The summed E-state index contributed by atoms with van der Waals surface area (Å²) in [4.78, 5) is 38.4. The Kier molecular flexibility index (Phi) is 6.63. The van der Waals surface area contributed by atoms with Crippen LogP contribution in [0.15, 0.2) is 24.8 Å². The molecule has 1 aliphatic carbocycles. The minimum Gasteiger partial charge on any atom is -0.347 e. The molecule has 2 amide bonds. The van der Waals surface area contributed by atoms with Crippen LogP contribution < -0.4 is 10.6 Å². The number of thiazole rings is 1. The van der Waals surface area contributed by atoms with Gasteiger partial charge in [0, 0.05) is 24.7 Å². The number of alkyl halides is 3. The van der Waals surface area contributed by atoms with Crippen LogP contribution in [0.2, 0.25) is 0 Å². The first-order chi connectivity index (χ1) is 18.0. The molecule has 5 rings (SSSR count). The summed E-state index contributed by atoms with van der Waals surface area (Å²) >= 11 is 1.11. The molecule has 1 saturated carbocycles. The van der Waals surface area contributed by atoms with Crippen LogP contribution in [0.25, 0.3) is 11.0 Å². The van der Waals surface area contributed by atoms with Crippen LogP contribution in [0.1, 0.15) is 75.2 Å². The molecule has 38 heavy (non-hydrogen) atoms. The van der Waals surface area contributed by atoms with Crippen molar-refractivity contribution in [1.82, 2.24) is 45.1 Å². The lowest BCUT2D eigenvalue weighted by Gasteiger charge is -2.15. The van der Waals surface area contributed by atoms with Crippen molar-refractivity contribution in [3.8, 4) is 0 Å². The number of hydrogen-bond acceptors (Lipinski definition) is 8. The Hall–Kier alpha value is -3.88. The van der Waals surface area contributed by atoms with Gasteiger partial charge in [-0.2, -0.15) is 23.4 Å². The molecule has 2 atom stereocenters. The van der Waals surface area contributed by atoms with Gasteiger partial charge in [-0.25, -0.2) is 15.0 Å². The van der Waals surface area contributed by atoms with Crippen LogP contribution in [0.4, 0.5) is 13.2 Å². The fourth-order valence-corrected chi connectivity index (χ4v) is 4.91. The lowest BCUT2D eigenvalue weighted by molar-refractivity contribution is -0.141. The molecule has 200 valence electrons. The summed E-state index contributed by atoms with van der Waals surface area (Å²) in [5.41, 5.74) is 0.313. The number of fused-ring (bicyclic) bond motifs is 1. The van der Waals surface area contributed by atoms with Gasteiger partial charge in [-0.05, 0) is 32.8 Å². The van der Waals surface area contributed by atoms with Crippen molar-refractivity contribution in [2.75, 3.05) is 0 Å². The number of hydrogen-bond donors (Lipinski definition) is 2. The molecule has 0 bridgehead atoms. The van der Waals surface area contributed by atoms with Crippen molar-refractivity contribution < 1.29 is 22.8 Å². The number of carbonyl (C=O) groups is 2. The second kappa shape index (κ2) is 9.78. The summed E-state index contributed by atoms with van der Waals surface area (Å²) in [5, 5.41) is 14.5. The number of aryl methyl sites for hydroxylation is 1. The van der Waals surface area contributed by atoms with Crippen molar-refractivity contribution in [2.45, 2.75) is 57.4 Å². The summed E-state index contributed by atoms with van der Waals surface area (Å²) in [6.07, 6.45) is 1.34. The maximum absolute atomic E-state index is 13.2. The topological polar surface area (TPSA) is 133 Å². The van der Waals surface area contributed by atoms with Gasteiger partial charge in [0.2, 0.25) is 0 Å². The Bertz CT molecular complexity index is 1510. The van der Waals surface area contributed by atoms with E-state index in [2.05, 4.69) is 35.8 Å². The van der Waals surface area contributed by atoms with Crippen LogP contribution in [-0.2, 0) is 19.8 Å². The Morgan fingerprint density at radius 3 is 2.61 bits per heavy atom. The van der Waals surface area contributed by atoms with Gasteiger partial charge in [-0.15, -0.1) is 11.3 Å². The number of halogens is 3. The Labute approximate surface area is 218 Å². The molecule has 0 radical (unpaired) electrons. The minimum absolute atomic E-state index is 0.0684. The number of rotatable bonds is 8. The fourth-order valence-electron chi connectivity index (χ4n) is 4.09. The molecule has 4 aromatic heterocycles. The summed E-state index contributed by atoms with van der Waals surface area (Å²) in [5.74, 6) is -0.778. The molecule has 0 aliphatic heterocycles. The van der Waals surface area contributed by atoms with E-state index in [1.54, 1.807) is 20.9 Å². The molecule has 11 nitrogen and oxygen atoms in total. The Morgan fingerprint density at radius 2 is 1.89 bits per heavy atom. The second-order valence-electron chi connectivity index (χ2n) is 9.27. The molecule has 2 unspecified atom stereocenters. The molecule has 1 fully saturated rings. The van der Waals surface area contributed by atoms with Crippen molar-refractivity contribution in [1.29, 1.82) is 0 Å². The van der Waals surface area contributed by atoms with E-state index in [1.807, 2.05) is 0 Å². The van der Waals surface area contributed by atoms with Crippen LogP contribution in [0, 0.1) is 0 Å². The third-order valence-corrected chi connectivity index (χ3v) is 7.31. The van der Waals surface area contributed by atoms with E-state index in [1.165, 1.54) is 28.1 Å². The predicted molar refractivity (Wildman–Crippen MR) is 130 cm³/mol. The van der Waals surface area contributed by atoms with Crippen molar-refractivity contribution >= 4 is 34.2 Å². The largest absolute Gasteiger partial charge is 0.435 e. The van der Waals surface area contributed by atoms with E-state index in [-0.39, 0.29) is 18.2 Å². The number of nitrogens with one attached hydrogen (secondary N) is 2. The highest BCUT2D eigenvalue weighted by Crippen LogP contribution is 2.42. The first-order valence-electron chi connectivity index (χ1n) is 11.9. The van der Waals surface area contributed by atoms with Crippen molar-refractivity contribution in [2.24, 2.45) is 7.05 Å². The molecular formula is C23H24F3N9O2S. The summed E-state index contributed by atoms with van der Waals surface area (Å²) in [6.45, 7) is 3.54. The minimum atomic E-state index is -4.52. The maximum atomic E-state index is 13.2. The molecule has 15 heteroatoms. The molecule has 4 heterocycles. The number of aromatic nitrogens is 7. The average molecular weight is 548 g/mol. The van der Waals surface area contributed by atoms with E-state index >= 15 is 0 Å². The van der Waals surface area contributed by atoms with Gasteiger partial charge in [0.15, 0.2) is 11.3 Å². The molecule has 0 spiro atoms. The highest BCUT2D eigenvalue weighted by atomic mass is 32.1. The number of nitrogens with zero attached hydrogens (tertiary/aromatic N) is 7. The number of carbonyl (C=O) groups excluding carboxylic acids is 2. The maximum Gasteiger partial charge on any atom is 0.435 e. The highest BCUT2D eigenvalue weighted by Gasteiger charge is 2.38. The molecule has 1 aliphatic rings. The van der Waals surface area contributed by atoms with E-state index in [0.29, 0.717) is 26.6 Å². The van der Waals surface area contributed by atoms with Gasteiger partial charge in [0.1, 0.15) is 21.9 Å². The normalized spacial score (nSPS) is 15.4. The first kappa shape index (κ1) is 25.8. The Balaban J connectivity index is 1.22. The Morgan fingerprint density at radius 1 is 1.13 bits per heavy atom. The quantitative estimate of drug-likeness (QED) is 0.346. The number of amides is 2. The summed E-state index contributed by atoms with van der Waals surface area (Å²) in [6, 6.07) is 0.0976. The zero-order valence-corrected chi connectivity index (χ0v) is 21.5. The average Bonchev–Trinajstić information content (AvgIpc) is 3.25. The second-order valence-corrected chi connectivity index (χ2v) is 10.3. The van der Waals surface area contributed by atoms with Crippen LogP contribution in [0.5, 0.6) is 0 Å². The third-order valence-electron chi connectivity index (χ3n) is 6.13. The van der Waals surface area contributed by atoms with Gasteiger partial charge in [-0.3, -0.25) is 19.0 Å². The standard InChI is InChI=1S/C23H24F3N9O2S/c1-11(9-35-15(13-4-5-13)6-17(33-35)23(24,25)26)31-20(36)16-8-27-22(38-16)12(2)32-21(37)18-14-7-30-34(3)19(14)29-10-28-18/h6-8,10-13H,4-5,9H2,1-3H3,(H,31,36)(H,32,37). The van der Waals surface area contributed by atoms with Crippen LogP contribution in [0.3, 0.4) is 0 Å². The lowest BCUT2D eigenvalue weighted by atomic mass is 10.2. The van der Waals surface area contributed by atoms with Gasteiger partial charge >= 0.3 is 6.18 Å². The summed E-state index contributed by atoms with van der Waals surface area (Å²) < 4.78 is 42.4. The van der Waals surface area contributed by atoms with Crippen molar-refractivity contribution in [3.05, 3.63) is 51.8 Å². The smallest absolute Gasteiger partial charge is 0.347 e. The van der Waals surface area contributed by atoms with Crippen LogP contribution >= 0.6 is 11.3 Å². The molecular weight excluding hydrogens is 523 g/mol. The SMILES string of the molecule is CC(Cn1nc(C(F)(F)F)cc1C1CC1)NC(=O)c1cnc(C(C)NC(=O)c2ncnc3c2cnn3C)s1. The van der Waals surface area contributed by atoms with Crippen LogP contribution in [-0.4, -0.2) is 52.4 Å². The van der Waals surface area contributed by atoms with Gasteiger partial charge in [0.05, 0.1) is 30.4 Å². The predicted octanol–water partition coefficient (Wildman–Crippen LogP) is 3.22. The zero-order chi connectivity index (χ0) is 27.2. The third kappa shape index (κ3) is 5.23. The molecule has 2 N–H and O–H groups in total. The highest BCUT2D eigenvalue weighted by molar-refractivity contribution is 7.13. The zero-order valence-electron chi connectivity index (χ0n) is 20.7.